The largest absolute Gasteiger partial charge is 0.493 e. The zero-order valence-corrected chi connectivity index (χ0v) is 11.8. The number of fused-ring (bicyclic) bond motifs is 1. The Kier molecular flexibility index (Phi) is 3.81. The van der Waals surface area contributed by atoms with Crippen LogP contribution >= 0.6 is 0 Å². The molecule has 1 aliphatic heterocycles. The summed E-state index contributed by atoms with van der Waals surface area (Å²) in [5.41, 5.74) is 0.713. The topological polar surface area (TPSA) is 57.9 Å². The predicted molar refractivity (Wildman–Crippen MR) is 76.1 cm³/mol. The van der Waals surface area contributed by atoms with Crippen molar-refractivity contribution in [1.82, 2.24) is 0 Å². The molecule has 0 aliphatic carbocycles. The maximum absolute atomic E-state index is 11.5. The van der Waals surface area contributed by atoms with E-state index in [0.717, 1.165) is 23.5 Å². The van der Waals surface area contributed by atoms with Gasteiger partial charge in [-0.05, 0) is 31.0 Å². The van der Waals surface area contributed by atoms with Crippen LogP contribution in [-0.2, 0) is 12.8 Å². The van der Waals surface area contributed by atoms with E-state index < -0.39 is 0 Å². The molecule has 0 N–H and O–H groups in total. The first-order valence-corrected chi connectivity index (χ1v) is 6.90. The third kappa shape index (κ3) is 3.18. The lowest BCUT2D eigenvalue weighted by Crippen LogP contribution is -2.04. The Morgan fingerprint density at radius 1 is 1.10 bits per heavy atom. The minimum atomic E-state index is -0.387. The molecule has 1 aromatic heterocycles. The molecule has 0 saturated heterocycles. The normalized spacial score (nSPS) is 12.4. The van der Waals surface area contributed by atoms with Crippen LogP contribution in [0.1, 0.15) is 18.2 Å². The van der Waals surface area contributed by atoms with Crippen molar-refractivity contribution < 1.29 is 18.6 Å². The van der Waals surface area contributed by atoms with Crippen molar-refractivity contribution in [3.8, 4) is 17.2 Å². The minimum Gasteiger partial charge on any atom is -0.493 e. The fourth-order valence-corrected chi connectivity index (χ4v) is 2.24. The van der Waals surface area contributed by atoms with Gasteiger partial charge < -0.3 is 18.6 Å². The highest BCUT2D eigenvalue weighted by Gasteiger charge is 2.13. The standard InChI is InChI=1S/C16H16O5/c1-2-18-13-8-12(21-16(17)9-13)5-3-11-4-6-14-15(7-11)20-10-19-14/h4,6-9H,2-3,5,10H2,1H3. The monoisotopic (exact) mass is 288 g/mol. The van der Waals surface area contributed by atoms with Crippen LogP contribution in [0, 0.1) is 0 Å². The van der Waals surface area contributed by atoms with Crippen LogP contribution in [0.5, 0.6) is 17.2 Å². The van der Waals surface area contributed by atoms with Crippen molar-refractivity contribution in [3.63, 3.8) is 0 Å². The molecule has 1 aliphatic rings. The third-order valence-electron chi connectivity index (χ3n) is 3.20. The number of aryl methyl sites for hydroxylation is 2. The van der Waals surface area contributed by atoms with E-state index in [1.54, 1.807) is 6.07 Å². The van der Waals surface area contributed by atoms with Crippen molar-refractivity contribution in [2.75, 3.05) is 13.4 Å². The summed E-state index contributed by atoms with van der Waals surface area (Å²) in [5.74, 6) is 2.69. The molecule has 110 valence electrons. The Labute approximate surface area is 122 Å². The second kappa shape index (κ2) is 5.91. The average Bonchev–Trinajstić information content (AvgIpc) is 2.92. The average molecular weight is 288 g/mol. The van der Waals surface area contributed by atoms with Gasteiger partial charge in [0.25, 0.3) is 0 Å². The molecule has 0 amide bonds. The van der Waals surface area contributed by atoms with E-state index in [-0.39, 0.29) is 12.4 Å². The highest BCUT2D eigenvalue weighted by Crippen LogP contribution is 2.32. The van der Waals surface area contributed by atoms with E-state index in [2.05, 4.69) is 0 Å². The van der Waals surface area contributed by atoms with Crippen molar-refractivity contribution in [2.24, 2.45) is 0 Å². The first-order valence-electron chi connectivity index (χ1n) is 6.90. The van der Waals surface area contributed by atoms with Crippen LogP contribution in [0.4, 0.5) is 0 Å². The zero-order chi connectivity index (χ0) is 14.7. The number of benzene rings is 1. The fraction of sp³-hybridized carbons (Fsp3) is 0.312. The van der Waals surface area contributed by atoms with Gasteiger partial charge >= 0.3 is 5.63 Å². The summed E-state index contributed by atoms with van der Waals surface area (Å²) in [6, 6.07) is 8.95. The number of hydrogen-bond acceptors (Lipinski definition) is 5. The fourth-order valence-electron chi connectivity index (χ4n) is 2.24. The van der Waals surface area contributed by atoms with E-state index in [4.69, 9.17) is 18.6 Å². The van der Waals surface area contributed by atoms with Crippen LogP contribution in [0.3, 0.4) is 0 Å². The summed E-state index contributed by atoms with van der Waals surface area (Å²) < 4.78 is 21.2. The highest BCUT2D eigenvalue weighted by atomic mass is 16.7. The Morgan fingerprint density at radius 3 is 2.81 bits per heavy atom. The summed E-state index contributed by atoms with van der Waals surface area (Å²) in [6.07, 6.45) is 1.37. The van der Waals surface area contributed by atoms with Crippen LogP contribution in [0.2, 0.25) is 0 Å². The summed E-state index contributed by atoms with van der Waals surface area (Å²) in [6.45, 7) is 2.66. The molecule has 0 spiro atoms. The van der Waals surface area contributed by atoms with Crippen molar-refractivity contribution in [1.29, 1.82) is 0 Å². The van der Waals surface area contributed by atoms with Gasteiger partial charge in [0.1, 0.15) is 11.5 Å². The first kappa shape index (κ1) is 13.5. The minimum absolute atomic E-state index is 0.268. The van der Waals surface area contributed by atoms with Gasteiger partial charge in [0.2, 0.25) is 6.79 Å². The first-order chi connectivity index (χ1) is 10.2. The molecule has 0 saturated carbocycles. The van der Waals surface area contributed by atoms with Crippen LogP contribution in [0.25, 0.3) is 0 Å². The summed E-state index contributed by atoms with van der Waals surface area (Å²) in [4.78, 5) is 11.5. The number of rotatable bonds is 5. The van der Waals surface area contributed by atoms with E-state index in [9.17, 15) is 4.79 Å². The Balaban J connectivity index is 1.71. The molecule has 0 bridgehead atoms. The van der Waals surface area contributed by atoms with Gasteiger partial charge in [-0.15, -0.1) is 0 Å². The molecule has 5 heteroatoms. The molecule has 2 aromatic rings. The Bertz CT molecular complexity index is 689. The summed E-state index contributed by atoms with van der Waals surface area (Å²) >= 11 is 0. The molecule has 0 fully saturated rings. The van der Waals surface area contributed by atoms with Gasteiger partial charge in [0.05, 0.1) is 12.7 Å². The summed E-state index contributed by atoms with van der Waals surface area (Å²) in [7, 11) is 0. The molecular formula is C16H16O5. The quantitative estimate of drug-likeness (QED) is 0.846. The maximum Gasteiger partial charge on any atom is 0.339 e. The Morgan fingerprint density at radius 2 is 1.95 bits per heavy atom. The third-order valence-corrected chi connectivity index (χ3v) is 3.20. The van der Waals surface area contributed by atoms with Crippen molar-refractivity contribution in [2.45, 2.75) is 19.8 Å². The molecule has 3 rings (SSSR count). The smallest absolute Gasteiger partial charge is 0.339 e. The van der Waals surface area contributed by atoms with Gasteiger partial charge in [-0.1, -0.05) is 6.07 Å². The second-order valence-corrected chi connectivity index (χ2v) is 4.70. The lowest BCUT2D eigenvalue weighted by atomic mass is 10.1. The molecule has 21 heavy (non-hydrogen) atoms. The number of ether oxygens (including phenoxy) is 3. The van der Waals surface area contributed by atoms with Crippen molar-refractivity contribution >= 4 is 0 Å². The van der Waals surface area contributed by atoms with Gasteiger partial charge in [-0.3, -0.25) is 0 Å². The number of hydrogen-bond donors (Lipinski definition) is 0. The lowest BCUT2D eigenvalue weighted by molar-refractivity contribution is 0.174. The highest BCUT2D eigenvalue weighted by molar-refractivity contribution is 5.44. The predicted octanol–water partition coefficient (Wildman–Crippen LogP) is 2.55. The molecule has 1 aromatic carbocycles. The van der Waals surface area contributed by atoms with Gasteiger partial charge in [0.15, 0.2) is 11.5 Å². The molecule has 5 nitrogen and oxygen atoms in total. The van der Waals surface area contributed by atoms with Crippen LogP contribution < -0.4 is 19.8 Å². The SMILES string of the molecule is CCOc1cc(CCc2ccc3c(c2)OCO3)oc(=O)c1. The van der Waals surface area contributed by atoms with Crippen LogP contribution in [-0.4, -0.2) is 13.4 Å². The van der Waals surface area contributed by atoms with Gasteiger partial charge in [0, 0.05) is 12.5 Å². The van der Waals surface area contributed by atoms with Crippen LogP contribution in [0.15, 0.2) is 39.5 Å². The van der Waals surface area contributed by atoms with E-state index in [1.165, 1.54) is 6.07 Å². The molecule has 0 atom stereocenters. The maximum atomic E-state index is 11.5. The van der Waals surface area contributed by atoms with E-state index in [0.29, 0.717) is 24.5 Å². The Hall–Kier alpha value is -2.43. The lowest BCUT2D eigenvalue weighted by Gasteiger charge is -2.05. The van der Waals surface area contributed by atoms with Gasteiger partial charge in [-0.2, -0.15) is 0 Å². The summed E-state index contributed by atoms with van der Waals surface area (Å²) in [5, 5.41) is 0. The zero-order valence-electron chi connectivity index (χ0n) is 11.8. The molecule has 2 heterocycles. The molecular weight excluding hydrogens is 272 g/mol. The second-order valence-electron chi connectivity index (χ2n) is 4.70. The van der Waals surface area contributed by atoms with Crippen molar-refractivity contribution in [3.05, 3.63) is 52.1 Å². The van der Waals surface area contributed by atoms with E-state index in [1.807, 2.05) is 25.1 Å². The molecule has 0 unspecified atom stereocenters. The van der Waals surface area contributed by atoms with Gasteiger partial charge in [-0.25, -0.2) is 4.79 Å². The van der Waals surface area contributed by atoms with E-state index >= 15 is 0 Å². The molecule has 0 radical (unpaired) electrons.